The Morgan fingerprint density at radius 1 is 1.07 bits per heavy atom. The van der Waals surface area contributed by atoms with Gasteiger partial charge in [0.2, 0.25) is 5.13 Å². The van der Waals surface area contributed by atoms with Crippen LogP contribution in [0.1, 0.15) is 23.1 Å². The number of hydrazone groups is 1. The number of nitrogens with one attached hydrogen (secondary N) is 1. The molecule has 0 fully saturated rings. The van der Waals surface area contributed by atoms with Crippen LogP contribution in [0.4, 0.5) is 22.7 Å². The number of nitrogens with zero attached hydrogens (tertiary/aromatic N) is 6. The van der Waals surface area contributed by atoms with E-state index in [-0.39, 0.29) is 21.3 Å². The van der Waals surface area contributed by atoms with Crippen LogP contribution in [0.15, 0.2) is 83.7 Å². The summed E-state index contributed by atoms with van der Waals surface area (Å²) < 4.78 is 60.6. The van der Waals surface area contributed by atoms with Crippen molar-refractivity contribution < 1.29 is 17.6 Å². The minimum absolute atomic E-state index is 0.00412. The molecule has 13 heteroatoms. The molecule has 7 nitrogen and oxygen atoms in total. The van der Waals surface area contributed by atoms with Gasteiger partial charge in [0.25, 0.3) is 0 Å². The van der Waals surface area contributed by atoms with Crippen molar-refractivity contribution in [3.8, 4) is 27.9 Å². The number of alkyl halides is 3. The molecule has 2 aromatic carbocycles. The van der Waals surface area contributed by atoms with E-state index in [4.69, 9.17) is 4.98 Å². The van der Waals surface area contributed by atoms with Crippen LogP contribution in [0.5, 0.6) is 0 Å². The number of aryl methyl sites for hydroxylation is 1. The number of benzene rings is 2. The summed E-state index contributed by atoms with van der Waals surface area (Å²) in [5, 5.41) is 16.3. The maximum Gasteiger partial charge on any atom is 0.435 e. The van der Waals surface area contributed by atoms with E-state index in [1.54, 1.807) is 16.7 Å². The lowest BCUT2D eigenvalue weighted by molar-refractivity contribution is -0.0580. The summed E-state index contributed by atoms with van der Waals surface area (Å²) in [6.07, 6.45) is 0.505. The number of nitriles is 1. The highest BCUT2D eigenvalue weighted by Gasteiger charge is 2.39. The van der Waals surface area contributed by atoms with E-state index >= 15 is 0 Å². The molecule has 0 aliphatic carbocycles. The van der Waals surface area contributed by atoms with E-state index < -0.39 is 17.7 Å². The Labute approximate surface area is 251 Å². The Hall–Kier alpha value is -4.80. The van der Waals surface area contributed by atoms with Crippen LogP contribution in [0, 0.1) is 17.1 Å². The smallest absolute Gasteiger partial charge is 0.348 e. The third-order valence-corrected chi connectivity index (χ3v) is 8.47. The highest BCUT2D eigenvalue weighted by molar-refractivity contribution is 7.16. The maximum atomic E-state index is 14.5. The molecule has 6 aromatic rings. The zero-order valence-corrected chi connectivity index (χ0v) is 24.1. The van der Waals surface area contributed by atoms with E-state index in [0.29, 0.717) is 40.1 Å². The SMILES string of the molecule is CCn1cc(/C(=N/Nc2nc(-c3ccc(F)cc3)c(C#N)s2)C(F)(F)F)c2cc(-c3nc(Cn4cccc4)cs3)ccc21. The lowest BCUT2D eigenvalue weighted by Gasteiger charge is -2.10. The van der Waals surface area contributed by atoms with Gasteiger partial charge in [-0.2, -0.15) is 23.5 Å². The number of hydrogen-bond donors (Lipinski definition) is 1. The van der Waals surface area contributed by atoms with Gasteiger partial charge in [0.15, 0.2) is 5.71 Å². The van der Waals surface area contributed by atoms with Gasteiger partial charge in [-0.3, -0.25) is 5.43 Å². The van der Waals surface area contributed by atoms with E-state index in [2.05, 4.69) is 15.5 Å². The summed E-state index contributed by atoms with van der Waals surface area (Å²) in [7, 11) is 0. The van der Waals surface area contributed by atoms with Gasteiger partial charge < -0.3 is 9.13 Å². The molecule has 0 spiro atoms. The van der Waals surface area contributed by atoms with Crippen LogP contribution < -0.4 is 5.43 Å². The Bertz CT molecular complexity index is 1980. The summed E-state index contributed by atoms with van der Waals surface area (Å²) in [6.45, 7) is 2.89. The average Bonchev–Trinajstić information content (AvgIpc) is 3.80. The zero-order chi connectivity index (χ0) is 30.1. The van der Waals surface area contributed by atoms with Crippen LogP contribution in [-0.4, -0.2) is 31.0 Å². The third-order valence-electron chi connectivity index (χ3n) is 6.66. The molecule has 0 bridgehead atoms. The normalized spacial score (nSPS) is 12.1. The molecule has 0 aliphatic heterocycles. The number of hydrogen-bond acceptors (Lipinski definition) is 7. The largest absolute Gasteiger partial charge is 0.435 e. The molecule has 0 saturated carbocycles. The predicted octanol–water partition coefficient (Wildman–Crippen LogP) is 8.15. The van der Waals surface area contributed by atoms with E-state index in [0.717, 1.165) is 17.0 Å². The molecule has 0 saturated heterocycles. The van der Waals surface area contributed by atoms with Crippen molar-refractivity contribution in [2.45, 2.75) is 26.2 Å². The summed E-state index contributed by atoms with van der Waals surface area (Å²) in [4.78, 5) is 9.14. The highest BCUT2D eigenvalue weighted by atomic mass is 32.1. The van der Waals surface area contributed by atoms with Gasteiger partial charge in [-0.05, 0) is 61.5 Å². The van der Waals surface area contributed by atoms with Crippen LogP contribution in [-0.2, 0) is 13.1 Å². The van der Waals surface area contributed by atoms with E-state index in [1.807, 2.05) is 53.5 Å². The van der Waals surface area contributed by atoms with Crippen LogP contribution in [0.25, 0.3) is 32.7 Å². The lowest BCUT2D eigenvalue weighted by Crippen LogP contribution is -2.25. The maximum absolute atomic E-state index is 14.5. The third kappa shape index (κ3) is 5.79. The first-order valence-electron chi connectivity index (χ1n) is 13.0. The second kappa shape index (κ2) is 11.5. The van der Waals surface area contributed by atoms with Gasteiger partial charge in [-0.15, -0.1) is 11.3 Å². The zero-order valence-electron chi connectivity index (χ0n) is 22.4. The lowest BCUT2D eigenvalue weighted by atomic mass is 10.1. The van der Waals surface area contributed by atoms with Crippen molar-refractivity contribution >= 4 is 44.4 Å². The summed E-state index contributed by atoms with van der Waals surface area (Å²) >= 11 is 2.28. The molecule has 0 radical (unpaired) electrons. The van der Waals surface area contributed by atoms with Gasteiger partial charge >= 0.3 is 6.18 Å². The highest BCUT2D eigenvalue weighted by Crippen LogP contribution is 2.35. The second-order valence-corrected chi connectivity index (χ2v) is 11.3. The summed E-state index contributed by atoms with van der Waals surface area (Å²) in [5.41, 5.74) is 4.05. The fourth-order valence-electron chi connectivity index (χ4n) is 4.68. The van der Waals surface area contributed by atoms with Crippen molar-refractivity contribution in [1.29, 1.82) is 5.26 Å². The fourth-order valence-corrected chi connectivity index (χ4v) is 6.22. The minimum Gasteiger partial charge on any atom is -0.348 e. The number of rotatable bonds is 8. The number of fused-ring (bicyclic) bond motifs is 1. The molecule has 216 valence electrons. The first kappa shape index (κ1) is 28.3. The molecular formula is C30H21F4N7S2. The molecule has 4 aromatic heterocycles. The van der Waals surface area contributed by atoms with E-state index in [9.17, 15) is 22.8 Å². The van der Waals surface area contributed by atoms with Gasteiger partial charge in [0.1, 0.15) is 27.5 Å². The molecule has 4 heterocycles. The first-order chi connectivity index (χ1) is 20.7. The molecule has 6 rings (SSSR count). The summed E-state index contributed by atoms with van der Waals surface area (Å²) in [5.74, 6) is -0.461. The molecule has 0 aliphatic rings. The van der Waals surface area contributed by atoms with Crippen LogP contribution >= 0.6 is 22.7 Å². The van der Waals surface area contributed by atoms with Crippen LogP contribution in [0.3, 0.4) is 0 Å². The van der Waals surface area contributed by atoms with Crippen molar-refractivity contribution in [3.05, 3.63) is 101 Å². The Kier molecular flexibility index (Phi) is 7.55. The van der Waals surface area contributed by atoms with Gasteiger partial charge in [0.05, 0.1) is 12.2 Å². The molecule has 0 amide bonds. The van der Waals surface area contributed by atoms with Crippen molar-refractivity contribution in [2.24, 2.45) is 5.10 Å². The molecule has 0 atom stereocenters. The topological polar surface area (TPSA) is 83.8 Å². The first-order valence-corrected chi connectivity index (χ1v) is 14.7. The van der Waals surface area contributed by atoms with E-state index in [1.165, 1.54) is 41.8 Å². The standard InChI is InChI=1S/C30H21F4N7S2/c1-2-41-16-23(22-13-19(7-10-24(22)41)28-36-21(17-42-28)15-40-11-3-4-12-40)27(30(32,33)34)38-39-29-37-26(25(14-35)43-29)18-5-8-20(31)9-6-18/h3-13,16-17H,2,15H2,1H3,(H,37,39)/b38-27-. The molecule has 1 N–H and O–H groups in total. The van der Waals surface area contributed by atoms with Gasteiger partial charge in [-0.25, -0.2) is 14.4 Å². The predicted molar refractivity (Wildman–Crippen MR) is 161 cm³/mol. The monoisotopic (exact) mass is 619 g/mol. The Balaban J connectivity index is 1.37. The fraction of sp³-hybridized carbons (Fsp3) is 0.133. The molecule has 43 heavy (non-hydrogen) atoms. The molecular weight excluding hydrogens is 599 g/mol. The Morgan fingerprint density at radius 2 is 1.81 bits per heavy atom. The number of aromatic nitrogens is 4. The average molecular weight is 620 g/mol. The van der Waals surface area contributed by atoms with Crippen molar-refractivity contribution in [3.63, 3.8) is 0 Å². The van der Waals surface area contributed by atoms with Crippen molar-refractivity contribution in [1.82, 2.24) is 19.1 Å². The van der Waals surface area contributed by atoms with Gasteiger partial charge in [0, 0.05) is 58.1 Å². The minimum atomic E-state index is -4.81. The quantitative estimate of drug-likeness (QED) is 0.106. The number of halogens is 4. The second-order valence-electron chi connectivity index (χ2n) is 9.45. The molecule has 0 unspecified atom stereocenters. The van der Waals surface area contributed by atoms with Crippen LogP contribution in [0.2, 0.25) is 0 Å². The number of anilines is 1. The van der Waals surface area contributed by atoms with Gasteiger partial charge in [-0.1, -0.05) is 11.3 Å². The Morgan fingerprint density at radius 3 is 2.51 bits per heavy atom. The number of thiazole rings is 2. The van der Waals surface area contributed by atoms with Crippen molar-refractivity contribution in [2.75, 3.05) is 5.43 Å². The summed E-state index contributed by atoms with van der Waals surface area (Å²) in [6, 6.07) is 16.5.